The van der Waals surface area contributed by atoms with Gasteiger partial charge in [0.05, 0.1) is 18.7 Å². The van der Waals surface area contributed by atoms with Crippen LogP contribution in [0.15, 0.2) is 59.4 Å². The standard InChI is InChI=1S/C23H27N3O2/c1-24-26-13-7-10-18(23(26)16-8-5-4-6-9-16)19-15-20-17(14-21(19)28-3)11-12-22(27)25(20)2/h4-6,8-9,11-12,14-15,18,23-24H,7,10,13H2,1-3H3/t18-,23+/m0/s1. The third kappa shape index (κ3) is 3.21. The van der Waals surface area contributed by atoms with Crippen LogP contribution < -0.4 is 15.7 Å². The number of hydrazine groups is 1. The van der Waals surface area contributed by atoms with Crippen LogP contribution in [0.25, 0.3) is 10.9 Å². The predicted molar refractivity (Wildman–Crippen MR) is 113 cm³/mol. The van der Waals surface area contributed by atoms with Crippen molar-refractivity contribution in [3.63, 3.8) is 0 Å². The van der Waals surface area contributed by atoms with E-state index in [1.807, 2.05) is 20.2 Å². The van der Waals surface area contributed by atoms with E-state index in [4.69, 9.17) is 4.74 Å². The molecule has 5 nitrogen and oxygen atoms in total. The zero-order valence-electron chi connectivity index (χ0n) is 16.7. The molecule has 0 radical (unpaired) electrons. The van der Waals surface area contributed by atoms with Gasteiger partial charge in [-0.15, -0.1) is 0 Å². The summed E-state index contributed by atoms with van der Waals surface area (Å²) in [6.45, 7) is 1.00. The Bertz CT molecular complexity index is 1030. The molecule has 0 saturated carbocycles. The first kappa shape index (κ1) is 18.7. The fourth-order valence-corrected chi connectivity index (χ4v) is 4.52. The molecule has 4 rings (SSSR count). The highest BCUT2D eigenvalue weighted by atomic mass is 16.5. The van der Waals surface area contributed by atoms with Gasteiger partial charge in [0, 0.05) is 36.5 Å². The monoisotopic (exact) mass is 377 g/mol. The lowest BCUT2D eigenvalue weighted by Gasteiger charge is -2.41. The molecular formula is C23H27N3O2. The normalized spacial score (nSPS) is 20.4. The van der Waals surface area contributed by atoms with E-state index in [0.717, 1.165) is 41.6 Å². The molecule has 2 atom stereocenters. The van der Waals surface area contributed by atoms with Crippen molar-refractivity contribution in [2.75, 3.05) is 20.7 Å². The van der Waals surface area contributed by atoms with Crippen LogP contribution in [0.1, 0.15) is 35.9 Å². The molecule has 1 aliphatic rings. The Balaban J connectivity index is 1.90. The smallest absolute Gasteiger partial charge is 0.250 e. The minimum atomic E-state index is 0.00345. The van der Waals surface area contributed by atoms with Gasteiger partial charge in [-0.25, -0.2) is 5.01 Å². The minimum absolute atomic E-state index is 0.00345. The van der Waals surface area contributed by atoms with E-state index in [1.165, 1.54) is 5.56 Å². The summed E-state index contributed by atoms with van der Waals surface area (Å²) in [5.41, 5.74) is 6.77. The van der Waals surface area contributed by atoms with Crippen molar-refractivity contribution in [3.8, 4) is 5.75 Å². The summed E-state index contributed by atoms with van der Waals surface area (Å²) in [7, 11) is 5.54. The molecule has 0 amide bonds. The van der Waals surface area contributed by atoms with Crippen LogP contribution in [0, 0.1) is 0 Å². The maximum Gasteiger partial charge on any atom is 0.250 e. The van der Waals surface area contributed by atoms with Crippen LogP contribution >= 0.6 is 0 Å². The maximum atomic E-state index is 12.2. The number of aryl methyl sites for hydroxylation is 1. The van der Waals surface area contributed by atoms with E-state index >= 15 is 0 Å². The van der Waals surface area contributed by atoms with Gasteiger partial charge >= 0.3 is 0 Å². The molecule has 1 N–H and O–H groups in total. The van der Waals surface area contributed by atoms with Crippen molar-refractivity contribution in [2.45, 2.75) is 24.8 Å². The fourth-order valence-electron chi connectivity index (χ4n) is 4.52. The number of pyridine rings is 1. The molecule has 0 unspecified atom stereocenters. The third-order valence-electron chi connectivity index (χ3n) is 5.94. The van der Waals surface area contributed by atoms with Gasteiger partial charge in [-0.05, 0) is 43.7 Å². The summed E-state index contributed by atoms with van der Waals surface area (Å²) < 4.78 is 7.52. The molecule has 0 aliphatic carbocycles. The second-order valence-electron chi connectivity index (χ2n) is 7.40. The molecule has 3 aromatic rings. The number of benzene rings is 2. The molecule has 1 aliphatic heterocycles. The molecule has 28 heavy (non-hydrogen) atoms. The summed E-state index contributed by atoms with van der Waals surface area (Å²) >= 11 is 0. The van der Waals surface area contributed by atoms with Gasteiger partial charge in [0.2, 0.25) is 0 Å². The second-order valence-corrected chi connectivity index (χ2v) is 7.40. The zero-order chi connectivity index (χ0) is 19.7. The fraction of sp³-hybridized carbons (Fsp3) is 0.348. The van der Waals surface area contributed by atoms with E-state index in [0.29, 0.717) is 0 Å². The molecule has 0 spiro atoms. The highest BCUT2D eigenvalue weighted by Crippen LogP contribution is 2.45. The van der Waals surface area contributed by atoms with Crippen molar-refractivity contribution in [1.29, 1.82) is 0 Å². The number of nitrogens with one attached hydrogen (secondary N) is 1. The summed E-state index contributed by atoms with van der Waals surface area (Å²) in [5, 5.41) is 3.33. The van der Waals surface area contributed by atoms with E-state index in [9.17, 15) is 4.79 Å². The Labute approximate surface area is 165 Å². The summed E-state index contributed by atoms with van der Waals surface area (Å²) in [6, 6.07) is 18.5. The largest absolute Gasteiger partial charge is 0.496 e. The van der Waals surface area contributed by atoms with Gasteiger partial charge in [-0.2, -0.15) is 0 Å². The quantitative estimate of drug-likeness (QED) is 0.755. The van der Waals surface area contributed by atoms with Crippen LogP contribution in [0.2, 0.25) is 0 Å². The lowest BCUT2D eigenvalue weighted by Crippen LogP contribution is -2.44. The maximum absolute atomic E-state index is 12.2. The summed E-state index contributed by atoms with van der Waals surface area (Å²) in [5.74, 6) is 1.15. The van der Waals surface area contributed by atoms with Crippen molar-refractivity contribution in [2.24, 2.45) is 7.05 Å². The molecule has 146 valence electrons. The van der Waals surface area contributed by atoms with E-state index in [1.54, 1.807) is 17.7 Å². The minimum Gasteiger partial charge on any atom is -0.496 e. The van der Waals surface area contributed by atoms with Gasteiger partial charge in [-0.3, -0.25) is 10.2 Å². The summed E-state index contributed by atoms with van der Waals surface area (Å²) in [4.78, 5) is 12.2. The number of rotatable bonds is 4. The molecule has 5 heteroatoms. The lowest BCUT2D eigenvalue weighted by atomic mass is 9.80. The molecule has 0 bridgehead atoms. The highest BCUT2D eigenvalue weighted by Gasteiger charge is 2.35. The Morgan fingerprint density at radius 1 is 1.11 bits per heavy atom. The zero-order valence-corrected chi connectivity index (χ0v) is 16.7. The molecule has 2 aromatic carbocycles. The molecule has 1 fully saturated rings. The molecule has 1 saturated heterocycles. The number of aromatic nitrogens is 1. The van der Waals surface area contributed by atoms with Crippen LogP contribution in [0.3, 0.4) is 0 Å². The van der Waals surface area contributed by atoms with Crippen LogP contribution in [-0.4, -0.2) is 30.3 Å². The van der Waals surface area contributed by atoms with Gasteiger partial charge in [-0.1, -0.05) is 30.3 Å². The van der Waals surface area contributed by atoms with Gasteiger partial charge in [0.15, 0.2) is 0 Å². The molecular weight excluding hydrogens is 350 g/mol. The van der Waals surface area contributed by atoms with Crippen molar-refractivity contribution < 1.29 is 4.74 Å². The highest BCUT2D eigenvalue weighted by molar-refractivity contribution is 5.82. The van der Waals surface area contributed by atoms with Gasteiger partial charge < -0.3 is 9.30 Å². The van der Waals surface area contributed by atoms with E-state index < -0.39 is 0 Å². The Morgan fingerprint density at radius 3 is 2.61 bits per heavy atom. The Hall–Kier alpha value is -2.63. The number of hydrogen-bond donors (Lipinski definition) is 1. The van der Waals surface area contributed by atoms with Gasteiger partial charge in [0.25, 0.3) is 5.56 Å². The van der Waals surface area contributed by atoms with Crippen LogP contribution in [0.4, 0.5) is 0 Å². The average molecular weight is 377 g/mol. The predicted octanol–water partition coefficient (Wildman–Crippen LogP) is 3.60. The number of hydrogen-bond acceptors (Lipinski definition) is 4. The Morgan fingerprint density at radius 2 is 1.89 bits per heavy atom. The number of methoxy groups -OCH3 is 1. The van der Waals surface area contributed by atoms with E-state index in [2.05, 4.69) is 52.9 Å². The summed E-state index contributed by atoms with van der Waals surface area (Å²) in [6.07, 6.45) is 2.17. The first-order valence-electron chi connectivity index (χ1n) is 9.80. The lowest BCUT2D eigenvalue weighted by molar-refractivity contribution is 0.0791. The molecule has 2 heterocycles. The topological polar surface area (TPSA) is 46.5 Å². The number of fused-ring (bicyclic) bond motifs is 1. The van der Waals surface area contributed by atoms with Crippen molar-refractivity contribution in [3.05, 3.63) is 76.1 Å². The first-order chi connectivity index (χ1) is 13.6. The van der Waals surface area contributed by atoms with Gasteiger partial charge in [0.1, 0.15) is 5.75 Å². The van der Waals surface area contributed by atoms with Crippen LogP contribution in [-0.2, 0) is 7.05 Å². The third-order valence-corrected chi connectivity index (χ3v) is 5.94. The number of nitrogens with zero attached hydrogens (tertiary/aromatic N) is 2. The second kappa shape index (κ2) is 7.78. The van der Waals surface area contributed by atoms with E-state index in [-0.39, 0.29) is 17.5 Å². The number of ether oxygens (including phenoxy) is 1. The van der Waals surface area contributed by atoms with Crippen LogP contribution in [0.5, 0.6) is 5.75 Å². The number of piperidine rings is 1. The van der Waals surface area contributed by atoms with Crippen molar-refractivity contribution in [1.82, 2.24) is 15.0 Å². The Kier molecular flexibility index (Phi) is 5.20. The van der Waals surface area contributed by atoms with Crippen molar-refractivity contribution >= 4 is 10.9 Å². The average Bonchev–Trinajstić information content (AvgIpc) is 2.75. The first-order valence-corrected chi connectivity index (χ1v) is 9.80. The molecule has 1 aromatic heterocycles. The SMILES string of the molecule is CNN1CCC[C@@H](c2cc3c(ccc(=O)n3C)cc2OC)[C@H]1c1ccccc1.